The van der Waals surface area contributed by atoms with E-state index < -0.39 is 0 Å². The van der Waals surface area contributed by atoms with E-state index in [2.05, 4.69) is 18.7 Å². The van der Waals surface area contributed by atoms with Gasteiger partial charge in [0.2, 0.25) is 5.91 Å². The van der Waals surface area contributed by atoms with E-state index in [4.69, 9.17) is 5.73 Å². The Kier molecular flexibility index (Phi) is 4.54. The number of rotatable bonds is 4. The van der Waals surface area contributed by atoms with Crippen molar-refractivity contribution < 1.29 is 4.79 Å². The standard InChI is InChI=1S/C11H23N3O/c1-4-5-6-14-8-9(2)13(3)10(7-12)11(14)15/h9-10H,4-8,12H2,1-3H3. The van der Waals surface area contributed by atoms with Crippen molar-refractivity contribution >= 4 is 5.91 Å². The zero-order valence-electron chi connectivity index (χ0n) is 10.1. The molecule has 1 amide bonds. The van der Waals surface area contributed by atoms with Gasteiger partial charge in [0.05, 0.1) is 0 Å². The maximum Gasteiger partial charge on any atom is 0.241 e. The Hall–Kier alpha value is -0.610. The lowest BCUT2D eigenvalue weighted by molar-refractivity contribution is -0.143. The van der Waals surface area contributed by atoms with Crippen LogP contribution in [0.3, 0.4) is 0 Å². The van der Waals surface area contributed by atoms with Crippen LogP contribution in [0.4, 0.5) is 0 Å². The molecule has 1 rings (SSSR count). The predicted octanol–water partition coefficient (Wildman–Crippen LogP) is 0.276. The second-order valence-electron chi connectivity index (χ2n) is 4.40. The number of carbonyl (C=O) groups excluding carboxylic acids is 1. The Morgan fingerprint density at radius 3 is 2.73 bits per heavy atom. The molecular formula is C11H23N3O. The van der Waals surface area contributed by atoms with E-state index in [9.17, 15) is 4.79 Å². The van der Waals surface area contributed by atoms with Crippen LogP contribution in [0.5, 0.6) is 0 Å². The molecule has 0 bridgehead atoms. The van der Waals surface area contributed by atoms with E-state index in [0.717, 1.165) is 25.9 Å². The summed E-state index contributed by atoms with van der Waals surface area (Å²) in [5.41, 5.74) is 5.65. The number of unbranched alkanes of at least 4 members (excludes halogenated alkanes) is 1. The Morgan fingerprint density at radius 1 is 1.53 bits per heavy atom. The molecule has 4 heteroatoms. The average molecular weight is 213 g/mol. The Bertz CT molecular complexity index is 220. The third-order valence-electron chi connectivity index (χ3n) is 3.27. The van der Waals surface area contributed by atoms with Gasteiger partial charge in [-0.1, -0.05) is 13.3 Å². The molecule has 1 saturated heterocycles. The molecule has 0 saturated carbocycles. The molecule has 1 fully saturated rings. The average Bonchev–Trinajstić information content (AvgIpc) is 2.22. The Balaban J connectivity index is 2.63. The van der Waals surface area contributed by atoms with Crippen LogP contribution in [0.2, 0.25) is 0 Å². The van der Waals surface area contributed by atoms with E-state index in [1.165, 1.54) is 0 Å². The third-order valence-corrected chi connectivity index (χ3v) is 3.27. The molecule has 0 aromatic carbocycles. The molecule has 1 heterocycles. The highest BCUT2D eigenvalue weighted by Gasteiger charge is 2.35. The first-order chi connectivity index (χ1) is 7.11. The minimum absolute atomic E-state index is 0.120. The quantitative estimate of drug-likeness (QED) is 0.729. The Labute approximate surface area is 92.4 Å². The largest absolute Gasteiger partial charge is 0.340 e. The second kappa shape index (κ2) is 5.47. The van der Waals surface area contributed by atoms with E-state index in [1.807, 2.05) is 11.9 Å². The summed E-state index contributed by atoms with van der Waals surface area (Å²) in [7, 11) is 1.98. The van der Waals surface area contributed by atoms with Gasteiger partial charge in [0, 0.05) is 25.7 Å². The van der Waals surface area contributed by atoms with Crippen LogP contribution < -0.4 is 5.73 Å². The summed E-state index contributed by atoms with van der Waals surface area (Å²) >= 11 is 0. The molecule has 2 unspecified atom stereocenters. The smallest absolute Gasteiger partial charge is 0.241 e. The van der Waals surface area contributed by atoms with Gasteiger partial charge in [-0.3, -0.25) is 9.69 Å². The number of amides is 1. The van der Waals surface area contributed by atoms with Crippen molar-refractivity contribution in [3.05, 3.63) is 0 Å². The van der Waals surface area contributed by atoms with Gasteiger partial charge in [0.25, 0.3) is 0 Å². The molecular weight excluding hydrogens is 190 g/mol. The Morgan fingerprint density at radius 2 is 2.20 bits per heavy atom. The van der Waals surface area contributed by atoms with Crippen LogP contribution >= 0.6 is 0 Å². The van der Waals surface area contributed by atoms with Crippen LogP contribution in [-0.4, -0.2) is 54.5 Å². The summed E-state index contributed by atoms with van der Waals surface area (Å²) in [4.78, 5) is 16.1. The summed E-state index contributed by atoms with van der Waals surface area (Å²) in [5, 5.41) is 0. The van der Waals surface area contributed by atoms with E-state index in [-0.39, 0.29) is 11.9 Å². The van der Waals surface area contributed by atoms with Crippen LogP contribution in [-0.2, 0) is 4.79 Å². The van der Waals surface area contributed by atoms with Gasteiger partial charge >= 0.3 is 0 Å². The van der Waals surface area contributed by atoms with Crippen molar-refractivity contribution in [1.29, 1.82) is 0 Å². The SMILES string of the molecule is CCCCN1CC(C)N(C)C(CN)C1=O. The molecule has 0 spiro atoms. The minimum Gasteiger partial charge on any atom is -0.340 e. The lowest BCUT2D eigenvalue weighted by atomic mass is 10.1. The zero-order valence-corrected chi connectivity index (χ0v) is 10.1. The highest BCUT2D eigenvalue weighted by molar-refractivity contribution is 5.83. The summed E-state index contributed by atoms with van der Waals surface area (Å²) in [6.07, 6.45) is 2.21. The zero-order chi connectivity index (χ0) is 11.4. The van der Waals surface area contributed by atoms with Gasteiger partial charge in [-0.05, 0) is 20.4 Å². The van der Waals surface area contributed by atoms with Crippen LogP contribution in [0, 0.1) is 0 Å². The number of carbonyl (C=O) groups is 1. The van der Waals surface area contributed by atoms with E-state index in [0.29, 0.717) is 12.6 Å². The first kappa shape index (κ1) is 12.5. The van der Waals surface area contributed by atoms with Crippen molar-refractivity contribution in [3.63, 3.8) is 0 Å². The molecule has 0 aromatic heterocycles. The fraction of sp³-hybridized carbons (Fsp3) is 0.909. The third kappa shape index (κ3) is 2.69. The predicted molar refractivity (Wildman–Crippen MR) is 61.6 cm³/mol. The maximum atomic E-state index is 12.0. The molecule has 0 radical (unpaired) electrons. The summed E-state index contributed by atoms with van der Waals surface area (Å²) < 4.78 is 0. The molecule has 1 aliphatic heterocycles. The number of hydrogen-bond donors (Lipinski definition) is 1. The molecule has 2 N–H and O–H groups in total. The van der Waals surface area contributed by atoms with E-state index >= 15 is 0 Å². The first-order valence-corrected chi connectivity index (χ1v) is 5.82. The van der Waals surface area contributed by atoms with Gasteiger partial charge in [-0.25, -0.2) is 0 Å². The number of nitrogens with two attached hydrogens (primary N) is 1. The molecule has 15 heavy (non-hydrogen) atoms. The summed E-state index contributed by atoms with van der Waals surface area (Å²) in [6, 6.07) is 0.290. The highest BCUT2D eigenvalue weighted by Crippen LogP contribution is 2.14. The van der Waals surface area contributed by atoms with Crippen LogP contribution in [0.1, 0.15) is 26.7 Å². The molecule has 4 nitrogen and oxygen atoms in total. The van der Waals surface area contributed by atoms with E-state index in [1.54, 1.807) is 0 Å². The first-order valence-electron chi connectivity index (χ1n) is 5.82. The van der Waals surface area contributed by atoms with Gasteiger partial charge in [-0.2, -0.15) is 0 Å². The summed E-state index contributed by atoms with van der Waals surface area (Å²) in [5.74, 6) is 0.201. The minimum atomic E-state index is -0.120. The van der Waals surface area contributed by atoms with Crippen molar-refractivity contribution in [2.45, 2.75) is 38.8 Å². The highest BCUT2D eigenvalue weighted by atomic mass is 16.2. The number of nitrogens with zero attached hydrogens (tertiary/aromatic N) is 2. The van der Waals surface area contributed by atoms with Gasteiger partial charge in [0.15, 0.2) is 0 Å². The maximum absolute atomic E-state index is 12.0. The fourth-order valence-corrected chi connectivity index (χ4v) is 2.05. The van der Waals surface area contributed by atoms with Crippen molar-refractivity contribution in [3.8, 4) is 0 Å². The molecule has 1 aliphatic rings. The van der Waals surface area contributed by atoms with Gasteiger partial charge in [-0.15, -0.1) is 0 Å². The second-order valence-corrected chi connectivity index (χ2v) is 4.40. The van der Waals surface area contributed by atoms with Gasteiger partial charge < -0.3 is 10.6 Å². The number of piperazine rings is 1. The molecule has 2 atom stereocenters. The van der Waals surface area contributed by atoms with Gasteiger partial charge in [0.1, 0.15) is 6.04 Å². The summed E-state index contributed by atoms with van der Waals surface area (Å²) in [6.45, 7) is 6.43. The van der Waals surface area contributed by atoms with Crippen LogP contribution in [0.15, 0.2) is 0 Å². The number of likely N-dealkylation sites (N-methyl/N-ethyl adjacent to an activating group) is 1. The lowest BCUT2D eigenvalue weighted by Crippen LogP contribution is -2.61. The lowest BCUT2D eigenvalue weighted by Gasteiger charge is -2.42. The number of hydrogen-bond acceptors (Lipinski definition) is 3. The van der Waals surface area contributed by atoms with Crippen molar-refractivity contribution in [1.82, 2.24) is 9.80 Å². The topological polar surface area (TPSA) is 49.6 Å². The van der Waals surface area contributed by atoms with Crippen molar-refractivity contribution in [2.24, 2.45) is 5.73 Å². The van der Waals surface area contributed by atoms with Crippen LogP contribution in [0.25, 0.3) is 0 Å². The van der Waals surface area contributed by atoms with Crippen molar-refractivity contribution in [2.75, 3.05) is 26.7 Å². The fourth-order valence-electron chi connectivity index (χ4n) is 2.05. The monoisotopic (exact) mass is 213 g/mol. The normalized spacial score (nSPS) is 28.5. The molecule has 0 aromatic rings. The molecule has 88 valence electrons. The molecule has 0 aliphatic carbocycles.